The Labute approximate surface area is 147 Å². The lowest BCUT2D eigenvalue weighted by atomic mass is 9.49. The van der Waals surface area contributed by atoms with E-state index in [1.807, 2.05) is 0 Å². The van der Waals surface area contributed by atoms with Gasteiger partial charge in [-0.2, -0.15) is 0 Å². The third kappa shape index (κ3) is 4.42. The smallest absolute Gasteiger partial charge is 0.0594 e. The van der Waals surface area contributed by atoms with E-state index in [2.05, 4.69) is 4.90 Å². The van der Waals surface area contributed by atoms with E-state index in [9.17, 15) is 0 Å². The highest BCUT2D eigenvalue weighted by Crippen LogP contribution is 2.61. The molecule has 0 aromatic rings. The highest BCUT2D eigenvalue weighted by molar-refractivity contribution is 5.85. The maximum atomic E-state index is 6.01. The minimum atomic E-state index is 0. The summed E-state index contributed by atoms with van der Waals surface area (Å²) in [5.74, 6) is 3.23. The van der Waals surface area contributed by atoms with E-state index >= 15 is 0 Å². The fraction of sp³-hybridized carbons (Fsp3) is 1.00. The third-order valence-electron chi connectivity index (χ3n) is 6.81. The molecule has 4 heteroatoms. The Balaban J connectivity index is 0.00000156. The second-order valence-electron chi connectivity index (χ2n) is 8.59. The molecule has 4 saturated carbocycles. The fourth-order valence-corrected chi connectivity index (χ4v) is 6.20. The van der Waals surface area contributed by atoms with Crippen LogP contribution in [0, 0.1) is 23.2 Å². The lowest BCUT2D eigenvalue weighted by Crippen LogP contribution is -2.46. The predicted molar refractivity (Wildman–Crippen MR) is 95.2 cm³/mol. The Morgan fingerprint density at radius 2 is 1.52 bits per heavy atom. The summed E-state index contributed by atoms with van der Waals surface area (Å²) in [6.07, 6.45) is 11.8. The van der Waals surface area contributed by atoms with Crippen molar-refractivity contribution in [3.63, 3.8) is 0 Å². The molecule has 1 aliphatic heterocycles. The van der Waals surface area contributed by atoms with Gasteiger partial charge in [-0.15, -0.1) is 12.4 Å². The van der Waals surface area contributed by atoms with Crippen LogP contribution >= 0.6 is 12.4 Å². The number of morpholine rings is 1. The molecule has 134 valence electrons. The minimum absolute atomic E-state index is 0. The highest BCUT2D eigenvalue weighted by atomic mass is 35.5. The number of halogens is 1. The van der Waals surface area contributed by atoms with Crippen LogP contribution < -0.4 is 0 Å². The summed E-state index contributed by atoms with van der Waals surface area (Å²) < 4.78 is 11.4. The van der Waals surface area contributed by atoms with Crippen LogP contribution in [0.2, 0.25) is 0 Å². The van der Waals surface area contributed by atoms with Gasteiger partial charge >= 0.3 is 0 Å². The number of rotatable bonds is 7. The predicted octanol–water partition coefficient (Wildman–Crippen LogP) is 3.75. The van der Waals surface area contributed by atoms with E-state index in [4.69, 9.17) is 9.47 Å². The van der Waals surface area contributed by atoms with Crippen molar-refractivity contribution in [2.24, 2.45) is 23.2 Å². The van der Waals surface area contributed by atoms with Crippen LogP contribution in [-0.4, -0.2) is 51.0 Å². The van der Waals surface area contributed by atoms with Gasteiger partial charge in [0.05, 0.1) is 13.2 Å². The lowest BCUT2D eigenvalue weighted by molar-refractivity contribution is -0.0692. The fourth-order valence-electron chi connectivity index (χ4n) is 6.20. The second kappa shape index (κ2) is 8.03. The first-order chi connectivity index (χ1) is 10.8. The molecule has 0 unspecified atom stereocenters. The normalized spacial score (nSPS) is 39.4. The molecule has 5 aliphatic rings. The standard InChI is InChI=1S/C19H33NO2.ClH/c1(3-20-4-8-22-9-5-20)6-21-7-2-19-13-16-10-17(14-19)12-18(11-16)15-19;/h16-18H,1-15H2;1H. The molecule has 3 nitrogen and oxygen atoms in total. The van der Waals surface area contributed by atoms with Crippen molar-refractivity contribution < 1.29 is 9.47 Å². The Morgan fingerprint density at radius 1 is 0.913 bits per heavy atom. The van der Waals surface area contributed by atoms with E-state index < -0.39 is 0 Å². The topological polar surface area (TPSA) is 21.7 Å². The zero-order valence-corrected chi connectivity index (χ0v) is 15.3. The van der Waals surface area contributed by atoms with E-state index in [1.165, 1.54) is 38.6 Å². The van der Waals surface area contributed by atoms with Crippen molar-refractivity contribution in [3.05, 3.63) is 0 Å². The van der Waals surface area contributed by atoms with Crippen LogP contribution in [0.5, 0.6) is 0 Å². The molecular weight excluding hydrogens is 310 g/mol. The molecule has 0 atom stereocenters. The molecule has 0 aromatic carbocycles. The van der Waals surface area contributed by atoms with E-state index in [-0.39, 0.29) is 12.4 Å². The first-order valence-electron chi connectivity index (χ1n) is 9.69. The largest absolute Gasteiger partial charge is 0.381 e. The Kier molecular flexibility index (Phi) is 6.28. The van der Waals surface area contributed by atoms with Gasteiger partial charge < -0.3 is 9.47 Å². The van der Waals surface area contributed by atoms with Crippen LogP contribution in [-0.2, 0) is 9.47 Å². The van der Waals surface area contributed by atoms with Gasteiger partial charge in [0.15, 0.2) is 0 Å². The molecule has 1 heterocycles. The van der Waals surface area contributed by atoms with Crippen molar-refractivity contribution >= 4 is 12.4 Å². The highest BCUT2D eigenvalue weighted by Gasteiger charge is 2.50. The molecular formula is C19H34ClNO2. The van der Waals surface area contributed by atoms with Crippen LogP contribution in [0.25, 0.3) is 0 Å². The number of ether oxygens (including phenoxy) is 2. The monoisotopic (exact) mass is 343 g/mol. The summed E-state index contributed by atoms with van der Waals surface area (Å²) in [6, 6.07) is 0. The first kappa shape index (κ1) is 18.0. The van der Waals surface area contributed by atoms with Gasteiger partial charge in [0, 0.05) is 32.8 Å². The zero-order valence-electron chi connectivity index (χ0n) is 14.5. The summed E-state index contributed by atoms with van der Waals surface area (Å²) in [5, 5.41) is 0. The van der Waals surface area contributed by atoms with Crippen LogP contribution in [0.15, 0.2) is 0 Å². The molecule has 5 rings (SSSR count). The SMILES string of the molecule is C(COCCC12CC3CC(CC(C3)C1)C2)CN1CCOCC1.Cl. The molecule has 4 bridgehead atoms. The van der Waals surface area contributed by atoms with Crippen molar-refractivity contribution in [2.75, 3.05) is 46.1 Å². The Hall–Kier alpha value is 0.170. The molecule has 4 aliphatic carbocycles. The quantitative estimate of drug-likeness (QED) is 0.657. The van der Waals surface area contributed by atoms with Crippen molar-refractivity contribution in [1.82, 2.24) is 4.90 Å². The van der Waals surface area contributed by atoms with Crippen LogP contribution in [0.3, 0.4) is 0 Å². The van der Waals surface area contributed by atoms with Gasteiger partial charge in [0.25, 0.3) is 0 Å². The third-order valence-corrected chi connectivity index (χ3v) is 6.81. The van der Waals surface area contributed by atoms with Crippen molar-refractivity contribution in [1.29, 1.82) is 0 Å². The lowest BCUT2D eigenvalue weighted by Gasteiger charge is -2.57. The first-order valence-corrected chi connectivity index (χ1v) is 9.69. The number of hydrogen-bond acceptors (Lipinski definition) is 3. The molecule has 0 N–H and O–H groups in total. The molecule has 0 spiro atoms. The molecule has 0 amide bonds. The van der Waals surface area contributed by atoms with Crippen LogP contribution in [0.1, 0.15) is 51.4 Å². The van der Waals surface area contributed by atoms with Gasteiger partial charge in [0.2, 0.25) is 0 Å². The van der Waals surface area contributed by atoms with Gasteiger partial charge in [-0.3, -0.25) is 4.90 Å². The second-order valence-corrected chi connectivity index (χ2v) is 8.59. The van der Waals surface area contributed by atoms with Gasteiger partial charge in [0.1, 0.15) is 0 Å². The van der Waals surface area contributed by atoms with Gasteiger partial charge in [-0.25, -0.2) is 0 Å². The van der Waals surface area contributed by atoms with Crippen molar-refractivity contribution in [3.8, 4) is 0 Å². The van der Waals surface area contributed by atoms with Gasteiger partial charge in [-0.05, 0) is 74.5 Å². The minimum Gasteiger partial charge on any atom is -0.381 e. The Morgan fingerprint density at radius 3 is 2.13 bits per heavy atom. The molecule has 23 heavy (non-hydrogen) atoms. The van der Waals surface area contributed by atoms with Gasteiger partial charge in [-0.1, -0.05) is 0 Å². The molecule has 5 fully saturated rings. The summed E-state index contributed by atoms with van der Waals surface area (Å²) in [7, 11) is 0. The van der Waals surface area contributed by atoms with Crippen molar-refractivity contribution in [2.45, 2.75) is 51.4 Å². The van der Waals surface area contributed by atoms with E-state index in [0.717, 1.165) is 57.3 Å². The summed E-state index contributed by atoms with van der Waals surface area (Å²) >= 11 is 0. The maximum Gasteiger partial charge on any atom is 0.0594 e. The zero-order chi connectivity index (χ0) is 14.8. The summed E-state index contributed by atoms with van der Waals surface area (Å²) in [6.45, 7) is 7.17. The van der Waals surface area contributed by atoms with Crippen LogP contribution in [0.4, 0.5) is 0 Å². The Bertz CT molecular complexity index is 335. The molecule has 0 radical (unpaired) electrons. The number of nitrogens with zero attached hydrogens (tertiary/aromatic N) is 1. The average molecular weight is 344 g/mol. The average Bonchev–Trinajstić information content (AvgIpc) is 2.50. The van der Waals surface area contributed by atoms with E-state index in [0.29, 0.717) is 5.41 Å². The number of hydrogen-bond donors (Lipinski definition) is 0. The summed E-state index contributed by atoms with van der Waals surface area (Å²) in [5.41, 5.74) is 0.693. The maximum absolute atomic E-state index is 6.01. The molecule has 1 saturated heterocycles. The van der Waals surface area contributed by atoms with E-state index in [1.54, 1.807) is 19.3 Å². The molecule has 0 aromatic heterocycles. The summed E-state index contributed by atoms with van der Waals surface area (Å²) in [4.78, 5) is 2.51.